The van der Waals surface area contributed by atoms with E-state index in [1.807, 2.05) is 36.4 Å². The first kappa shape index (κ1) is 18.8. The number of hydrogen-bond donors (Lipinski definition) is 1. The second kappa shape index (κ2) is 7.35. The van der Waals surface area contributed by atoms with Crippen molar-refractivity contribution in [2.75, 3.05) is 6.61 Å². The predicted octanol–water partition coefficient (Wildman–Crippen LogP) is 2.24. The highest BCUT2D eigenvalue weighted by Crippen LogP contribution is 2.37. The van der Waals surface area contributed by atoms with Crippen LogP contribution in [0.4, 0.5) is 0 Å². The molecule has 1 aliphatic rings. The molecule has 2 aromatic carbocycles. The van der Waals surface area contributed by atoms with Crippen LogP contribution in [0.3, 0.4) is 0 Å². The van der Waals surface area contributed by atoms with Crippen LogP contribution in [-0.4, -0.2) is 38.2 Å². The van der Waals surface area contributed by atoms with E-state index < -0.39 is 26.5 Å². The van der Waals surface area contributed by atoms with E-state index in [1.54, 1.807) is 0 Å². The van der Waals surface area contributed by atoms with Crippen molar-refractivity contribution in [1.29, 1.82) is 0 Å². The summed E-state index contributed by atoms with van der Waals surface area (Å²) in [5.41, 5.74) is 0. The van der Waals surface area contributed by atoms with Crippen molar-refractivity contribution in [2.45, 2.75) is 44.4 Å². The Morgan fingerprint density at radius 1 is 1.04 bits per heavy atom. The molecule has 138 valence electrons. The first-order valence-corrected chi connectivity index (χ1v) is 10.9. The standard InChI is InChI=1S/C21H26O4Si/c1-21(2,3)26(17-10-6-4-7-11-17,18-12-8-5-9-13-18)24-15-16-14-19(22)20(23)25-16/h4-13,16,19,22H,14-15H2,1-3H3/t16-,19-/m0/s1. The van der Waals surface area contributed by atoms with Gasteiger partial charge in [0.1, 0.15) is 6.10 Å². The maximum Gasteiger partial charge on any atom is 0.335 e. The van der Waals surface area contributed by atoms with Crippen molar-refractivity contribution in [3.05, 3.63) is 60.7 Å². The van der Waals surface area contributed by atoms with Gasteiger partial charge in [0.05, 0.1) is 6.61 Å². The van der Waals surface area contributed by atoms with Gasteiger partial charge in [-0.05, 0) is 15.4 Å². The van der Waals surface area contributed by atoms with Crippen molar-refractivity contribution in [3.63, 3.8) is 0 Å². The molecule has 0 aromatic heterocycles. The van der Waals surface area contributed by atoms with Crippen LogP contribution in [0.5, 0.6) is 0 Å². The number of rotatable bonds is 5. The Morgan fingerprint density at radius 2 is 1.54 bits per heavy atom. The summed E-state index contributed by atoms with van der Waals surface area (Å²) in [4.78, 5) is 11.5. The van der Waals surface area contributed by atoms with E-state index in [1.165, 1.54) is 10.4 Å². The molecular weight excluding hydrogens is 344 g/mol. The minimum absolute atomic E-state index is 0.128. The van der Waals surface area contributed by atoms with E-state index >= 15 is 0 Å². The molecule has 0 saturated carbocycles. The number of aliphatic hydroxyl groups excluding tert-OH is 1. The Morgan fingerprint density at radius 3 is 1.92 bits per heavy atom. The summed E-state index contributed by atoms with van der Waals surface area (Å²) in [5, 5.41) is 11.9. The highest BCUT2D eigenvalue weighted by atomic mass is 28.4. The molecule has 2 atom stereocenters. The van der Waals surface area contributed by atoms with Gasteiger partial charge >= 0.3 is 5.97 Å². The third kappa shape index (κ3) is 3.47. The van der Waals surface area contributed by atoms with Crippen LogP contribution >= 0.6 is 0 Å². The van der Waals surface area contributed by atoms with Gasteiger partial charge in [-0.2, -0.15) is 0 Å². The lowest BCUT2D eigenvalue weighted by molar-refractivity contribution is -0.148. The van der Waals surface area contributed by atoms with Gasteiger partial charge in [-0.1, -0.05) is 81.4 Å². The zero-order valence-electron chi connectivity index (χ0n) is 15.5. The van der Waals surface area contributed by atoms with Gasteiger partial charge < -0.3 is 14.3 Å². The summed E-state index contributed by atoms with van der Waals surface area (Å²) in [6, 6.07) is 20.7. The molecule has 0 aliphatic carbocycles. The minimum atomic E-state index is -2.63. The van der Waals surface area contributed by atoms with Crippen molar-refractivity contribution in [3.8, 4) is 0 Å². The second-order valence-corrected chi connectivity index (χ2v) is 12.1. The van der Waals surface area contributed by atoms with Crippen molar-refractivity contribution in [1.82, 2.24) is 0 Å². The first-order chi connectivity index (χ1) is 12.3. The van der Waals surface area contributed by atoms with Crippen LogP contribution in [-0.2, 0) is 14.0 Å². The number of aliphatic hydroxyl groups is 1. The summed E-state index contributed by atoms with van der Waals surface area (Å²) in [7, 11) is -2.63. The van der Waals surface area contributed by atoms with Gasteiger partial charge in [-0.25, -0.2) is 4.79 Å². The quantitative estimate of drug-likeness (QED) is 0.648. The summed E-state index contributed by atoms with van der Waals surface area (Å²) in [6.07, 6.45) is -1.15. The largest absolute Gasteiger partial charge is 0.458 e. The monoisotopic (exact) mass is 370 g/mol. The molecule has 0 amide bonds. The molecule has 1 aliphatic heterocycles. The predicted molar refractivity (Wildman–Crippen MR) is 104 cm³/mol. The van der Waals surface area contributed by atoms with Gasteiger partial charge in [-0.15, -0.1) is 0 Å². The number of esters is 1. The molecule has 3 rings (SSSR count). The van der Waals surface area contributed by atoms with E-state index in [0.29, 0.717) is 0 Å². The average Bonchev–Trinajstić information content (AvgIpc) is 2.94. The maximum atomic E-state index is 11.5. The van der Waals surface area contributed by atoms with Crippen LogP contribution in [0.25, 0.3) is 0 Å². The van der Waals surface area contributed by atoms with Crippen molar-refractivity contribution < 1.29 is 19.1 Å². The number of carbonyl (C=O) groups is 1. The van der Waals surface area contributed by atoms with Gasteiger partial charge in [0, 0.05) is 6.42 Å². The Bertz CT molecular complexity index is 700. The van der Waals surface area contributed by atoms with Crippen molar-refractivity contribution in [2.24, 2.45) is 0 Å². The molecule has 2 aromatic rings. The zero-order valence-corrected chi connectivity index (χ0v) is 16.5. The first-order valence-electron chi connectivity index (χ1n) is 8.98. The van der Waals surface area contributed by atoms with Gasteiger partial charge in [-0.3, -0.25) is 0 Å². The van der Waals surface area contributed by atoms with Gasteiger partial charge in [0.25, 0.3) is 8.32 Å². The summed E-state index contributed by atoms with van der Waals surface area (Å²) in [6.45, 7) is 6.90. The number of ether oxygens (including phenoxy) is 1. The SMILES string of the molecule is CC(C)(C)[Si](OC[C@@H]1C[C@H](O)C(=O)O1)(c1ccccc1)c1ccccc1. The van der Waals surface area contributed by atoms with E-state index in [-0.39, 0.29) is 18.1 Å². The molecule has 0 radical (unpaired) electrons. The fraction of sp³-hybridized carbons (Fsp3) is 0.381. The Hall–Kier alpha value is -1.95. The smallest absolute Gasteiger partial charge is 0.335 e. The molecular formula is C21H26O4Si. The van der Waals surface area contributed by atoms with Crippen LogP contribution in [0.1, 0.15) is 27.2 Å². The number of benzene rings is 2. The zero-order chi connectivity index (χ0) is 18.8. The molecule has 26 heavy (non-hydrogen) atoms. The van der Waals surface area contributed by atoms with E-state index in [4.69, 9.17) is 9.16 Å². The minimum Gasteiger partial charge on any atom is -0.458 e. The van der Waals surface area contributed by atoms with Crippen LogP contribution in [0.15, 0.2) is 60.7 Å². The molecule has 0 bridgehead atoms. The molecule has 4 nitrogen and oxygen atoms in total. The van der Waals surface area contributed by atoms with E-state index in [0.717, 1.165) is 0 Å². The number of hydrogen-bond acceptors (Lipinski definition) is 4. The molecule has 1 heterocycles. The lowest BCUT2D eigenvalue weighted by Gasteiger charge is -2.43. The Balaban J connectivity index is 2.02. The third-order valence-electron chi connectivity index (χ3n) is 4.94. The van der Waals surface area contributed by atoms with Gasteiger partial charge in [0.15, 0.2) is 6.10 Å². The molecule has 1 fully saturated rings. The van der Waals surface area contributed by atoms with Crippen LogP contribution < -0.4 is 10.4 Å². The fourth-order valence-corrected chi connectivity index (χ4v) is 8.31. The summed E-state index contributed by atoms with van der Waals surface area (Å²) < 4.78 is 12.0. The average molecular weight is 371 g/mol. The fourth-order valence-electron chi connectivity index (χ4n) is 3.72. The molecule has 1 N–H and O–H groups in total. The normalized spacial score (nSPS) is 20.8. The topological polar surface area (TPSA) is 55.8 Å². The summed E-state index contributed by atoms with van der Waals surface area (Å²) >= 11 is 0. The van der Waals surface area contributed by atoms with E-state index in [2.05, 4.69) is 45.0 Å². The molecule has 0 unspecified atom stereocenters. The lowest BCUT2D eigenvalue weighted by Crippen LogP contribution is -2.67. The molecule has 1 saturated heterocycles. The number of carbonyl (C=O) groups excluding carboxylic acids is 1. The number of cyclic esters (lactones) is 1. The van der Waals surface area contributed by atoms with Crippen molar-refractivity contribution >= 4 is 24.7 Å². The molecule has 0 spiro atoms. The Kier molecular flexibility index (Phi) is 5.32. The third-order valence-corrected chi connectivity index (χ3v) is 9.95. The van der Waals surface area contributed by atoms with Crippen LogP contribution in [0.2, 0.25) is 5.04 Å². The lowest BCUT2D eigenvalue weighted by atomic mass is 10.2. The van der Waals surface area contributed by atoms with Crippen LogP contribution in [0, 0.1) is 0 Å². The summed E-state index contributed by atoms with van der Waals surface area (Å²) in [5.74, 6) is -0.555. The van der Waals surface area contributed by atoms with E-state index in [9.17, 15) is 9.90 Å². The molecule has 5 heteroatoms. The highest BCUT2D eigenvalue weighted by Gasteiger charge is 2.51. The Labute approximate surface area is 155 Å². The maximum absolute atomic E-state index is 11.5. The highest BCUT2D eigenvalue weighted by molar-refractivity contribution is 6.99. The van der Waals surface area contributed by atoms with Gasteiger partial charge in [0.2, 0.25) is 0 Å². The second-order valence-electron chi connectivity index (χ2n) is 7.78.